The molecule has 0 saturated carbocycles. The molecule has 0 spiro atoms. The zero-order chi connectivity index (χ0) is 12.6. The van der Waals surface area contributed by atoms with Gasteiger partial charge in [0.2, 0.25) is 0 Å². The Morgan fingerprint density at radius 2 is 1.00 bits per heavy atom. The lowest BCUT2D eigenvalue weighted by Gasteiger charge is -2.18. The van der Waals surface area contributed by atoms with Crippen molar-refractivity contribution >= 4 is 77.6 Å². The summed E-state index contributed by atoms with van der Waals surface area (Å²) in [6, 6.07) is 0. The second-order valence-corrected chi connectivity index (χ2v) is 16.2. The van der Waals surface area contributed by atoms with Crippen molar-refractivity contribution in [3.05, 3.63) is 0 Å². The minimum absolute atomic E-state index is 0.0548. The Bertz CT molecular complexity index is 136. The Morgan fingerprint density at radius 1 is 0.750 bits per heavy atom. The highest BCUT2D eigenvalue weighted by atomic mass is 33.4. The fourth-order valence-electron chi connectivity index (χ4n) is 0.618. The van der Waals surface area contributed by atoms with Gasteiger partial charge in [0, 0.05) is 33.0 Å². The Labute approximate surface area is 130 Å². The van der Waals surface area contributed by atoms with Crippen molar-refractivity contribution in [2.45, 2.75) is 36.5 Å². The second kappa shape index (κ2) is 11.4. The fourth-order valence-corrected chi connectivity index (χ4v) is 12.7. The summed E-state index contributed by atoms with van der Waals surface area (Å²) in [7, 11) is 0. The first kappa shape index (κ1) is 18.5. The van der Waals surface area contributed by atoms with E-state index in [2.05, 4.69) is 92.8 Å². The molecular formula is C9H21PS6. The van der Waals surface area contributed by atoms with E-state index in [1.54, 1.807) is 0 Å². The van der Waals surface area contributed by atoms with E-state index >= 15 is 0 Å². The van der Waals surface area contributed by atoms with Gasteiger partial charge in [0.25, 0.3) is 0 Å². The predicted molar refractivity (Wildman–Crippen MR) is 99.6 cm³/mol. The molecule has 0 radical (unpaired) electrons. The molecule has 0 bridgehead atoms. The molecule has 0 saturated heterocycles. The molecule has 0 rings (SSSR count). The molecule has 0 heterocycles. The molecule has 0 aromatic carbocycles. The van der Waals surface area contributed by atoms with E-state index in [1.165, 1.54) is 0 Å². The average molecular weight is 353 g/mol. The molecule has 0 aromatic rings. The van der Waals surface area contributed by atoms with Crippen molar-refractivity contribution in [3.63, 3.8) is 0 Å². The molecule has 0 N–H and O–H groups in total. The maximum Gasteiger partial charge on any atom is 0.0730 e. The summed E-state index contributed by atoms with van der Waals surface area (Å²) in [6.07, 6.45) is 0. The van der Waals surface area contributed by atoms with Crippen molar-refractivity contribution in [2.24, 2.45) is 0 Å². The molecular weight excluding hydrogens is 331 g/mol. The first-order valence-electron chi connectivity index (χ1n) is 5.15. The van der Waals surface area contributed by atoms with Crippen molar-refractivity contribution in [2.75, 3.05) is 17.3 Å². The SMILES string of the molecule is CC(S)CSP(SCC(C)S)SCC(C)S. The summed E-state index contributed by atoms with van der Waals surface area (Å²) >= 11 is 19.5. The average Bonchev–Trinajstić information content (AvgIpc) is 2.15. The van der Waals surface area contributed by atoms with Crippen molar-refractivity contribution in [1.29, 1.82) is 0 Å². The lowest BCUT2D eigenvalue weighted by atomic mass is 10.6. The zero-order valence-electron chi connectivity index (χ0n) is 9.87. The number of rotatable bonds is 9. The Hall–Kier alpha value is 2.53. The second-order valence-electron chi connectivity index (χ2n) is 3.66. The smallest absolute Gasteiger partial charge is 0.0730 e. The summed E-state index contributed by atoms with van der Waals surface area (Å²) in [6.45, 7) is 6.46. The summed E-state index contributed by atoms with van der Waals surface area (Å²) in [5.41, 5.74) is -0.0548. The molecule has 0 aliphatic rings. The molecule has 98 valence electrons. The van der Waals surface area contributed by atoms with E-state index in [0.717, 1.165) is 17.3 Å². The molecule has 0 fully saturated rings. The van der Waals surface area contributed by atoms with Crippen LogP contribution in [0.25, 0.3) is 0 Å². The summed E-state index contributed by atoms with van der Waals surface area (Å²) in [5, 5.41) is 1.45. The predicted octanol–water partition coefficient (Wildman–Crippen LogP) is 5.37. The van der Waals surface area contributed by atoms with Crippen molar-refractivity contribution in [3.8, 4) is 0 Å². The first-order chi connectivity index (χ1) is 7.41. The topological polar surface area (TPSA) is 0 Å². The molecule has 16 heavy (non-hydrogen) atoms. The van der Waals surface area contributed by atoms with E-state index in [9.17, 15) is 0 Å². The molecule has 0 amide bonds. The Balaban J connectivity index is 3.85. The third-order valence-electron chi connectivity index (χ3n) is 1.26. The van der Waals surface area contributed by atoms with E-state index in [1.807, 2.05) is 0 Å². The van der Waals surface area contributed by atoms with Gasteiger partial charge >= 0.3 is 0 Å². The van der Waals surface area contributed by atoms with Crippen LogP contribution >= 0.6 is 77.6 Å². The molecule has 7 heteroatoms. The van der Waals surface area contributed by atoms with Gasteiger partial charge in [-0.3, -0.25) is 0 Å². The third kappa shape index (κ3) is 13.0. The molecule has 3 unspecified atom stereocenters. The highest BCUT2D eigenvalue weighted by Gasteiger charge is 2.13. The van der Waals surface area contributed by atoms with Crippen LogP contribution in [-0.4, -0.2) is 33.0 Å². The van der Waals surface area contributed by atoms with Crippen LogP contribution in [0.5, 0.6) is 0 Å². The zero-order valence-corrected chi connectivity index (χ0v) is 15.9. The fraction of sp³-hybridized carbons (Fsp3) is 1.00. The van der Waals surface area contributed by atoms with Gasteiger partial charge < -0.3 is 0 Å². The maximum absolute atomic E-state index is 4.43. The van der Waals surface area contributed by atoms with Gasteiger partial charge in [-0.15, -0.1) is 34.1 Å². The van der Waals surface area contributed by atoms with Gasteiger partial charge in [0.15, 0.2) is 0 Å². The largest absolute Gasteiger partial charge is 0.175 e. The number of hydrogen-bond donors (Lipinski definition) is 3. The van der Waals surface area contributed by atoms with E-state index in [-0.39, 0.29) is 5.53 Å². The molecule has 3 atom stereocenters. The lowest BCUT2D eigenvalue weighted by molar-refractivity contribution is 1.15. The Morgan fingerprint density at radius 3 is 1.19 bits per heavy atom. The number of thiol groups is 3. The van der Waals surface area contributed by atoms with Gasteiger partial charge in [-0.2, -0.15) is 37.9 Å². The van der Waals surface area contributed by atoms with Gasteiger partial charge in [-0.1, -0.05) is 20.8 Å². The highest BCUT2D eigenvalue weighted by Crippen LogP contribution is 2.70. The molecule has 0 aromatic heterocycles. The third-order valence-corrected chi connectivity index (χ3v) is 14.1. The summed E-state index contributed by atoms with van der Waals surface area (Å²) in [4.78, 5) is 0. The van der Waals surface area contributed by atoms with Crippen LogP contribution in [0.3, 0.4) is 0 Å². The summed E-state index contributed by atoms with van der Waals surface area (Å²) in [5.74, 6) is 3.41. The quantitative estimate of drug-likeness (QED) is 0.377. The van der Waals surface area contributed by atoms with Crippen LogP contribution in [0.15, 0.2) is 0 Å². The standard InChI is InChI=1S/C9H21PS6/c1-7(11)4-14-10(15-5-8(2)12)16-6-9(3)13/h7-9,11-13H,4-6H2,1-3H3. The van der Waals surface area contributed by atoms with Gasteiger partial charge in [0.1, 0.15) is 0 Å². The van der Waals surface area contributed by atoms with E-state index < -0.39 is 0 Å². The van der Waals surface area contributed by atoms with Crippen LogP contribution in [0.2, 0.25) is 0 Å². The highest BCUT2D eigenvalue weighted by molar-refractivity contribution is 9.12. The van der Waals surface area contributed by atoms with Gasteiger partial charge in [0.05, 0.1) is 5.53 Å². The van der Waals surface area contributed by atoms with Crippen molar-refractivity contribution < 1.29 is 0 Å². The monoisotopic (exact) mass is 352 g/mol. The number of hydrogen-bond acceptors (Lipinski definition) is 6. The van der Waals surface area contributed by atoms with Crippen LogP contribution in [0.1, 0.15) is 20.8 Å². The van der Waals surface area contributed by atoms with Crippen LogP contribution < -0.4 is 0 Å². The van der Waals surface area contributed by atoms with Crippen LogP contribution in [0, 0.1) is 0 Å². The minimum atomic E-state index is -0.0548. The molecule has 0 nitrogen and oxygen atoms in total. The van der Waals surface area contributed by atoms with Gasteiger partial charge in [-0.25, -0.2) is 0 Å². The van der Waals surface area contributed by atoms with E-state index in [4.69, 9.17) is 0 Å². The van der Waals surface area contributed by atoms with E-state index in [0.29, 0.717) is 15.7 Å². The maximum atomic E-state index is 4.43. The molecule has 0 aliphatic carbocycles. The van der Waals surface area contributed by atoms with Gasteiger partial charge in [-0.05, 0) is 0 Å². The van der Waals surface area contributed by atoms with Crippen molar-refractivity contribution in [1.82, 2.24) is 0 Å². The lowest BCUT2D eigenvalue weighted by Crippen LogP contribution is -1.96. The Kier molecular flexibility index (Phi) is 13.2. The van der Waals surface area contributed by atoms with Crippen LogP contribution in [-0.2, 0) is 0 Å². The first-order valence-corrected chi connectivity index (χ1v) is 12.8. The van der Waals surface area contributed by atoms with Crippen LogP contribution in [0.4, 0.5) is 0 Å². The summed E-state index contributed by atoms with van der Waals surface area (Å²) < 4.78 is 0. The minimum Gasteiger partial charge on any atom is -0.175 e. The normalized spacial score (nSPS) is 19.1. The molecule has 0 aliphatic heterocycles.